The molecule has 2 aromatic rings. The first-order valence-electron chi connectivity index (χ1n) is 5.67. The van der Waals surface area contributed by atoms with Crippen molar-refractivity contribution in [2.24, 2.45) is 0 Å². The van der Waals surface area contributed by atoms with Crippen LogP contribution in [-0.2, 0) is 6.42 Å². The summed E-state index contributed by atoms with van der Waals surface area (Å²) in [4.78, 5) is 0. The van der Waals surface area contributed by atoms with E-state index in [9.17, 15) is 0 Å². The Morgan fingerprint density at radius 2 is 1.71 bits per heavy atom. The van der Waals surface area contributed by atoms with Gasteiger partial charge in [0.2, 0.25) is 0 Å². The van der Waals surface area contributed by atoms with E-state index < -0.39 is 0 Å². The van der Waals surface area contributed by atoms with Crippen molar-refractivity contribution in [3.63, 3.8) is 0 Å². The van der Waals surface area contributed by atoms with Crippen molar-refractivity contribution < 1.29 is 9.47 Å². The van der Waals surface area contributed by atoms with E-state index in [1.807, 2.05) is 6.07 Å². The number of hydrogen-bond donors (Lipinski definition) is 0. The molecule has 0 bridgehead atoms. The number of benzene rings is 2. The largest absolute Gasteiger partial charge is 0.493 e. The van der Waals surface area contributed by atoms with Crippen LogP contribution < -0.4 is 9.47 Å². The van der Waals surface area contributed by atoms with E-state index in [2.05, 4.69) is 30.3 Å². The lowest BCUT2D eigenvalue weighted by molar-refractivity contribution is 0.352. The highest BCUT2D eigenvalue weighted by atomic mass is 16.5. The fraction of sp³-hybridized carbons (Fsp3) is 0.200. The first-order chi connectivity index (χ1) is 8.35. The summed E-state index contributed by atoms with van der Waals surface area (Å²) in [7, 11) is 3.37. The van der Waals surface area contributed by atoms with E-state index >= 15 is 0 Å². The van der Waals surface area contributed by atoms with Gasteiger partial charge in [-0.3, -0.25) is 0 Å². The Kier molecular flexibility index (Phi) is 2.29. The van der Waals surface area contributed by atoms with Crippen LogP contribution in [0.15, 0.2) is 36.4 Å². The molecule has 0 saturated carbocycles. The molecule has 0 N–H and O–H groups in total. The summed E-state index contributed by atoms with van der Waals surface area (Å²) < 4.78 is 10.8. The predicted molar refractivity (Wildman–Crippen MR) is 67.8 cm³/mol. The topological polar surface area (TPSA) is 18.5 Å². The number of ether oxygens (including phenoxy) is 2. The van der Waals surface area contributed by atoms with Crippen molar-refractivity contribution in [3.05, 3.63) is 47.5 Å². The van der Waals surface area contributed by atoms with Gasteiger partial charge in [0.25, 0.3) is 0 Å². The molecule has 0 amide bonds. The molecule has 0 aliphatic heterocycles. The van der Waals surface area contributed by atoms with Crippen LogP contribution in [0.4, 0.5) is 0 Å². The van der Waals surface area contributed by atoms with Crippen molar-refractivity contribution in [3.8, 4) is 22.6 Å². The van der Waals surface area contributed by atoms with Crippen LogP contribution in [-0.4, -0.2) is 14.2 Å². The minimum Gasteiger partial charge on any atom is -0.493 e. The molecular weight excluding hydrogens is 212 g/mol. The number of hydrogen-bond acceptors (Lipinski definition) is 2. The minimum absolute atomic E-state index is 0.805. The van der Waals surface area contributed by atoms with Crippen LogP contribution in [0.5, 0.6) is 11.5 Å². The molecule has 2 aromatic carbocycles. The monoisotopic (exact) mass is 226 g/mol. The van der Waals surface area contributed by atoms with E-state index in [1.165, 1.54) is 22.3 Å². The van der Waals surface area contributed by atoms with Gasteiger partial charge in [-0.1, -0.05) is 30.3 Å². The Labute approximate surface area is 101 Å². The Morgan fingerprint density at radius 1 is 0.882 bits per heavy atom. The fourth-order valence-electron chi connectivity index (χ4n) is 2.55. The average molecular weight is 226 g/mol. The highest BCUT2D eigenvalue weighted by Gasteiger charge is 2.23. The fourth-order valence-corrected chi connectivity index (χ4v) is 2.55. The maximum Gasteiger partial charge on any atom is 0.164 e. The summed E-state index contributed by atoms with van der Waals surface area (Å²) >= 11 is 0. The van der Waals surface area contributed by atoms with Gasteiger partial charge in [0, 0.05) is 12.0 Å². The standard InChI is InChI=1S/C15H14O2/c1-16-14-8-7-12-11-6-4-3-5-10(11)9-13(12)15(14)17-2/h3-8H,9H2,1-2H3. The van der Waals surface area contributed by atoms with Crippen LogP contribution in [0.1, 0.15) is 11.1 Å². The number of methoxy groups -OCH3 is 2. The van der Waals surface area contributed by atoms with Crippen molar-refractivity contribution in [1.29, 1.82) is 0 Å². The van der Waals surface area contributed by atoms with E-state index in [0.717, 1.165) is 17.9 Å². The molecule has 2 nitrogen and oxygen atoms in total. The molecule has 3 rings (SSSR count). The maximum atomic E-state index is 5.49. The van der Waals surface area contributed by atoms with Crippen molar-refractivity contribution in [1.82, 2.24) is 0 Å². The van der Waals surface area contributed by atoms with Gasteiger partial charge < -0.3 is 9.47 Å². The van der Waals surface area contributed by atoms with Crippen LogP contribution >= 0.6 is 0 Å². The summed E-state index contributed by atoms with van der Waals surface area (Å²) in [5.41, 5.74) is 5.16. The summed E-state index contributed by atoms with van der Waals surface area (Å²) in [5, 5.41) is 0. The zero-order chi connectivity index (χ0) is 11.8. The Morgan fingerprint density at radius 3 is 2.47 bits per heavy atom. The SMILES string of the molecule is COc1ccc2c(c1OC)Cc1ccccc1-2. The van der Waals surface area contributed by atoms with E-state index in [4.69, 9.17) is 9.47 Å². The van der Waals surface area contributed by atoms with Crippen molar-refractivity contribution >= 4 is 0 Å². The first-order valence-corrected chi connectivity index (χ1v) is 5.67. The average Bonchev–Trinajstić information content (AvgIpc) is 2.75. The molecule has 17 heavy (non-hydrogen) atoms. The minimum atomic E-state index is 0.805. The molecule has 1 aliphatic carbocycles. The molecule has 0 saturated heterocycles. The zero-order valence-corrected chi connectivity index (χ0v) is 9.99. The number of fused-ring (bicyclic) bond motifs is 3. The third-order valence-electron chi connectivity index (χ3n) is 3.32. The third kappa shape index (κ3) is 1.41. The molecule has 0 heterocycles. The van der Waals surface area contributed by atoms with E-state index in [1.54, 1.807) is 14.2 Å². The number of rotatable bonds is 2. The van der Waals surface area contributed by atoms with E-state index in [0.29, 0.717) is 0 Å². The first kappa shape index (κ1) is 10.2. The highest BCUT2D eigenvalue weighted by Crippen LogP contribution is 2.45. The lowest BCUT2D eigenvalue weighted by Crippen LogP contribution is -1.95. The van der Waals surface area contributed by atoms with Gasteiger partial charge in [-0.25, -0.2) is 0 Å². The Balaban J connectivity index is 2.24. The van der Waals surface area contributed by atoms with E-state index in [-0.39, 0.29) is 0 Å². The maximum absolute atomic E-state index is 5.49. The molecule has 0 radical (unpaired) electrons. The summed E-state index contributed by atoms with van der Waals surface area (Å²) in [6.45, 7) is 0. The molecule has 0 atom stereocenters. The van der Waals surface area contributed by atoms with Crippen LogP contribution in [0.2, 0.25) is 0 Å². The van der Waals surface area contributed by atoms with Gasteiger partial charge >= 0.3 is 0 Å². The van der Waals surface area contributed by atoms with Gasteiger partial charge in [0.15, 0.2) is 11.5 Å². The van der Waals surface area contributed by atoms with Gasteiger partial charge in [-0.15, -0.1) is 0 Å². The molecule has 2 heteroatoms. The molecular formula is C15H14O2. The Bertz CT molecular complexity index is 573. The quantitative estimate of drug-likeness (QED) is 0.667. The second-order valence-electron chi connectivity index (χ2n) is 4.16. The van der Waals surface area contributed by atoms with Gasteiger partial charge in [-0.05, 0) is 22.8 Å². The van der Waals surface area contributed by atoms with Gasteiger partial charge in [0.1, 0.15) is 0 Å². The zero-order valence-electron chi connectivity index (χ0n) is 9.99. The van der Waals surface area contributed by atoms with Crippen molar-refractivity contribution in [2.75, 3.05) is 14.2 Å². The highest BCUT2D eigenvalue weighted by molar-refractivity contribution is 5.80. The molecule has 0 aromatic heterocycles. The van der Waals surface area contributed by atoms with Gasteiger partial charge in [-0.2, -0.15) is 0 Å². The normalized spacial score (nSPS) is 11.9. The second-order valence-corrected chi connectivity index (χ2v) is 4.16. The third-order valence-corrected chi connectivity index (χ3v) is 3.32. The smallest absolute Gasteiger partial charge is 0.164 e. The predicted octanol–water partition coefficient (Wildman–Crippen LogP) is 3.28. The molecule has 0 spiro atoms. The Hall–Kier alpha value is -1.96. The summed E-state index contributed by atoms with van der Waals surface area (Å²) in [6.07, 6.45) is 0.922. The second kappa shape index (κ2) is 3.81. The lowest BCUT2D eigenvalue weighted by Gasteiger charge is -2.11. The van der Waals surface area contributed by atoms with Crippen LogP contribution in [0, 0.1) is 0 Å². The van der Waals surface area contributed by atoms with Crippen LogP contribution in [0.25, 0.3) is 11.1 Å². The summed E-state index contributed by atoms with van der Waals surface area (Å²) in [5.74, 6) is 1.67. The lowest BCUT2D eigenvalue weighted by atomic mass is 10.1. The summed E-state index contributed by atoms with van der Waals surface area (Å²) in [6, 6.07) is 12.6. The van der Waals surface area contributed by atoms with Crippen molar-refractivity contribution in [2.45, 2.75) is 6.42 Å². The van der Waals surface area contributed by atoms with Gasteiger partial charge in [0.05, 0.1) is 14.2 Å². The molecule has 86 valence electrons. The molecule has 1 aliphatic rings. The molecule has 0 fully saturated rings. The molecule has 0 unspecified atom stereocenters. The van der Waals surface area contributed by atoms with Crippen LogP contribution in [0.3, 0.4) is 0 Å².